The van der Waals surface area contributed by atoms with Crippen molar-refractivity contribution >= 4 is 12.0 Å². The summed E-state index contributed by atoms with van der Waals surface area (Å²) >= 11 is 0. The Hall–Kier alpha value is -1.34. The SMILES string of the molecule is CCN1CCN(C(=O)N(C)C2COCC2C(=O)O)CC1C. The molecule has 0 spiro atoms. The fourth-order valence-corrected chi connectivity index (χ4v) is 3.16. The van der Waals surface area contributed by atoms with Gasteiger partial charge in [-0.25, -0.2) is 4.79 Å². The number of nitrogens with zero attached hydrogens (tertiary/aromatic N) is 3. The molecule has 7 nitrogen and oxygen atoms in total. The van der Waals surface area contributed by atoms with Crippen molar-refractivity contribution in [1.82, 2.24) is 14.7 Å². The van der Waals surface area contributed by atoms with E-state index < -0.39 is 11.9 Å². The van der Waals surface area contributed by atoms with Gasteiger partial charge in [-0.2, -0.15) is 0 Å². The Labute approximate surface area is 125 Å². The molecule has 2 aliphatic rings. The monoisotopic (exact) mass is 299 g/mol. The molecule has 0 aromatic rings. The van der Waals surface area contributed by atoms with Gasteiger partial charge in [-0.15, -0.1) is 0 Å². The van der Waals surface area contributed by atoms with Gasteiger partial charge in [-0.1, -0.05) is 6.92 Å². The lowest BCUT2D eigenvalue weighted by Gasteiger charge is -2.41. The molecule has 3 unspecified atom stereocenters. The van der Waals surface area contributed by atoms with Crippen LogP contribution in [0.3, 0.4) is 0 Å². The second-order valence-corrected chi connectivity index (χ2v) is 5.87. The van der Waals surface area contributed by atoms with E-state index >= 15 is 0 Å². The number of carboxylic acids is 1. The molecule has 3 atom stereocenters. The number of carboxylic acid groups (broad SMARTS) is 1. The molecule has 0 radical (unpaired) electrons. The van der Waals surface area contributed by atoms with Crippen molar-refractivity contribution in [2.45, 2.75) is 25.9 Å². The van der Waals surface area contributed by atoms with Gasteiger partial charge in [0.05, 0.1) is 19.3 Å². The number of aliphatic carboxylic acids is 1. The van der Waals surface area contributed by atoms with Crippen molar-refractivity contribution in [3.05, 3.63) is 0 Å². The smallest absolute Gasteiger partial charge is 0.320 e. The van der Waals surface area contributed by atoms with E-state index in [1.54, 1.807) is 11.9 Å². The van der Waals surface area contributed by atoms with E-state index in [0.29, 0.717) is 25.7 Å². The third-order valence-corrected chi connectivity index (χ3v) is 4.61. The average Bonchev–Trinajstić information content (AvgIpc) is 2.95. The van der Waals surface area contributed by atoms with Gasteiger partial charge in [0.1, 0.15) is 5.92 Å². The number of rotatable bonds is 3. The van der Waals surface area contributed by atoms with Crippen LogP contribution < -0.4 is 0 Å². The van der Waals surface area contributed by atoms with Crippen molar-refractivity contribution in [2.24, 2.45) is 5.92 Å². The predicted octanol–water partition coefficient (Wildman–Crippen LogP) is 0.164. The first-order chi connectivity index (χ1) is 9.95. The zero-order valence-electron chi connectivity index (χ0n) is 13.0. The topological polar surface area (TPSA) is 73.3 Å². The number of piperazine rings is 1. The fourth-order valence-electron chi connectivity index (χ4n) is 3.16. The minimum Gasteiger partial charge on any atom is -0.481 e. The second-order valence-electron chi connectivity index (χ2n) is 5.87. The van der Waals surface area contributed by atoms with Crippen LogP contribution in [0.2, 0.25) is 0 Å². The summed E-state index contributed by atoms with van der Waals surface area (Å²) in [6, 6.07) is -0.148. The highest BCUT2D eigenvalue weighted by Crippen LogP contribution is 2.21. The Morgan fingerprint density at radius 1 is 1.33 bits per heavy atom. The molecule has 2 aliphatic heterocycles. The molecule has 2 saturated heterocycles. The predicted molar refractivity (Wildman–Crippen MR) is 77.2 cm³/mol. The first-order valence-electron chi connectivity index (χ1n) is 7.52. The quantitative estimate of drug-likeness (QED) is 0.804. The number of carbonyl (C=O) groups excluding carboxylic acids is 1. The Balaban J connectivity index is 1.98. The van der Waals surface area contributed by atoms with E-state index in [0.717, 1.165) is 13.1 Å². The Morgan fingerprint density at radius 3 is 2.62 bits per heavy atom. The molecule has 0 bridgehead atoms. The number of carbonyl (C=O) groups is 2. The standard InChI is InChI=1S/C14H25N3O4/c1-4-16-5-6-17(7-10(16)2)14(20)15(3)12-9-21-8-11(12)13(18)19/h10-12H,4-9H2,1-3H3,(H,18,19). The van der Waals surface area contributed by atoms with Gasteiger partial charge in [0.2, 0.25) is 0 Å². The van der Waals surface area contributed by atoms with Gasteiger partial charge in [0.15, 0.2) is 0 Å². The van der Waals surface area contributed by atoms with Gasteiger partial charge in [0, 0.05) is 32.7 Å². The van der Waals surface area contributed by atoms with Crippen LogP contribution in [-0.2, 0) is 9.53 Å². The normalized spacial score (nSPS) is 30.4. The largest absolute Gasteiger partial charge is 0.481 e. The zero-order chi connectivity index (χ0) is 15.6. The molecule has 0 aliphatic carbocycles. The summed E-state index contributed by atoms with van der Waals surface area (Å²) in [5, 5.41) is 9.20. The van der Waals surface area contributed by atoms with E-state index in [4.69, 9.17) is 4.74 Å². The maximum Gasteiger partial charge on any atom is 0.320 e. The van der Waals surface area contributed by atoms with E-state index in [9.17, 15) is 14.7 Å². The van der Waals surface area contributed by atoms with Crippen LogP contribution in [0.15, 0.2) is 0 Å². The maximum atomic E-state index is 12.6. The zero-order valence-corrected chi connectivity index (χ0v) is 13.0. The molecule has 2 fully saturated rings. The van der Waals surface area contributed by atoms with E-state index in [-0.39, 0.29) is 18.7 Å². The Morgan fingerprint density at radius 2 is 2.05 bits per heavy atom. The van der Waals surface area contributed by atoms with Crippen LogP contribution in [-0.4, -0.2) is 90.3 Å². The molecule has 2 heterocycles. The van der Waals surface area contributed by atoms with Crippen molar-refractivity contribution in [2.75, 3.05) is 46.4 Å². The highest BCUT2D eigenvalue weighted by Gasteiger charge is 2.40. The Bertz CT molecular complexity index is 404. The molecule has 2 amide bonds. The van der Waals surface area contributed by atoms with E-state index in [2.05, 4.69) is 18.7 Å². The lowest BCUT2D eigenvalue weighted by Crippen LogP contribution is -2.58. The van der Waals surface area contributed by atoms with E-state index in [1.165, 1.54) is 0 Å². The van der Waals surface area contributed by atoms with Gasteiger partial charge in [-0.05, 0) is 13.5 Å². The van der Waals surface area contributed by atoms with Crippen LogP contribution in [0.1, 0.15) is 13.8 Å². The first kappa shape index (κ1) is 16.0. The van der Waals surface area contributed by atoms with Gasteiger partial charge >= 0.3 is 12.0 Å². The molecule has 21 heavy (non-hydrogen) atoms. The van der Waals surface area contributed by atoms with Crippen LogP contribution in [0.4, 0.5) is 4.79 Å². The maximum absolute atomic E-state index is 12.6. The summed E-state index contributed by atoms with van der Waals surface area (Å²) in [6.07, 6.45) is 0. The van der Waals surface area contributed by atoms with Crippen LogP contribution in [0.5, 0.6) is 0 Å². The summed E-state index contributed by atoms with van der Waals surface area (Å²) in [6.45, 7) is 7.92. The number of hydrogen-bond acceptors (Lipinski definition) is 4. The summed E-state index contributed by atoms with van der Waals surface area (Å²) in [5.74, 6) is -1.53. The molecule has 0 saturated carbocycles. The number of hydrogen-bond donors (Lipinski definition) is 1. The third kappa shape index (κ3) is 3.29. The van der Waals surface area contributed by atoms with Gasteiger partial charge in [-0.3, -0.25) is 9.69 Å². The third-order valence-electron chi connectivity index (χ3n) is 4.61. The highest BCUT2D eigenvalue weighted by molar-refractivity contribution is 5.77. The number of likely N-dealkylation sites (N-methyl/N-ethyl adjacent to an activating group) is 2. The highest BCUT2D eigenvalue weighted by atomic mass is 16.5. The second kappa shape index (κ2) is 6.62. The first-order valence-corrected chi connectivity index (χ1v) is 7.52. The van der Waals surface area contributed by atoms with Crippen LogP contribution in [0, 0.1) is 5.92 Å². The summed E-state index contributed by atoms with van der Waals surface area (Å²) in [5.41, 5.74) is 0. The number of ether oxygens (including phenoxy) is 1. The number of amides is 2. The van der Waals surface area contributed by atoms with E-state index in [1.807, 2.05) is 4.90 Å². The lowest BCUT2D eigenvalue weighted by atomic mass is 10.0. The van der Waals surface area contributed by atoms with Crippen molar-refractivity contribution in [3.63, 3.8) is 0 Å². The molecule has 2 rings (SSSR count). The van der Waals surface area contributed by atoms with Crippen molar-refractivity contribution < 1.29 is 19.4 Å². The van der Waals surface area contributed by atoms with Crippen LogP contribution in [0.25, 0.3) is 0 Å². The molecule has 120 valence electrons. The average molecular weight is 299 g/mol. The minimum atomic E-state index is -0.902. The molecule has 0 aromatic carbocycles. The molecular formula is C14H25N3O4. The fraction of sp³-hybridized carbons (Fsp3) is 0.857. The minimum absolute atomic E-state index is 0.0978. The van der Waals surface area contributed by atoms with Gasteiger partial charge in [0.25, 0.3) is 0 Å². The number of urea groups is 1. The molecular weight excluding hydrogens is 274 g/mol. The molecule has 0 aromatic heterocycles. The summed E-state index contributed by atoms with van der Waals surface area (Å²) < 4.78 is 5.24. The van der Waals surface area contributed by atoms with Crippen molar-refractivity contribution in [1.29, 1.82) is 0 Å². The summed E-state index contributed by atoms with van der Waals surface area (Å²) in [7, 11) is 1.68. The van der Waals surface area contributed by atoms with Crippen molar-refractivity contribution in [3.8, 4) is 0 Å². The Kier molecular flexibility index (Phi) is 5.05. The van der Waals surface area contributed by atoms with Gasteiger partial charge < -0.3 is 19.6 Å². The summed E-state index contributed by atoms with van der Waals surface area (Å²) in [4.78, 5) is 29.5. The van der Waals surface area contributed by atoms with Crippen LogP contribution >= 0.6 is 0 Å². The lowest BCUT2D eigenvalue weighted by molar-refractivity contribution is -0.142. The molecule has 7 heteroatoms. The molecule has 1 N–H and O–H groups in total.